The average Bonchev–Trinajstić information content (AvgIpc) is 2.33. The topological polar surface area (TPSA) is 70.7 Å². The molecule has 5 nitrogen and oxygen atoms in total. The summed E-state index contributed by atoms with van der Waals surface area (Å²) in [5, 5.41) is 9.42. The molecule has 1 aromatic heterocycles. The number of unbranched alkanes of at least 4 members (excludes halogenated alkanes) is 1. The van der Waals surface area contributed by atoms with Crippen LogP contribution in [0.15, 0.2) is 4.79 Å². The molecule has 1 rings (SSSR count). The molecule has 0 bridgehead atoms. The maximum atomic E-state index is 11.1. The number of anilines is 1. The van der Waals surface area contributed by atoms with Crippen molar-refractivity contribution in [3.05, 3.63) is 16.2 Å². The van der Waals surface area contributed by atoms with Gasteiger partial charge in [0.1, 0.15) is 5.69 Å². The number of aromatic amines is 1. The van der Waals surface area contributed by atoms with Crippen LogP contribution in [0.4, 0.5) is 5.82 Å². The van der Waals surface area contributed by atoms with E-state index in [0.717, 1.165) is 18.7 Å². The molecule has 5 heteroatoms. The van der Waals surface area contributed by atoms with Crippen molar-refractivity contribution in [3.8, 4) is 0 Å². The summed E-state index contributed by atoms with van der Waals surface area (Å²) in [5.41, 5.74) is 0.328. The summed E-state index contributed by atoms with van der Waals surface area (Å²) in [6.45, 7) is 7.08. The van der Waals surface area contributed by atoms with Crippen molar-refractivity contribution in [1.29, 1.82) is 0 Å². The molecule has 17 heavy (non-hydrogen) atoms. The fourth-order valence-electron chi connectivity index (χ4n) is 1.74. The first-order chi connectivity index (χ1) is 8.17. The molecule has 0 amide bonds. The number of nitrogens with zero attached hydrogens (tertiary/aromatic N) is 2. The van der Waals surface area contributed by atoms with E-state index in [1.807, 2.05) is 6.92 Å². The van der Waals surface area contributed by atoms with E-state index >= 15 is 0 Å². The van der Waals surface area contributed by atoms with Crippen molar-refractivity contribution in [2.45, 2.75) is 46.5 Å². The summed E-state index contributed by atoms with van der Waals surface area (Å²) in [7, 11) is 0. The second kappa shape index (κ2) is 7.04. The molecule has 96 valence electrons. The summed E-state index contributed by atoms with van der Waals surface area (Å²) >= 11 is 0. The minimum atomic E-state index is -0.403. The highest BCUT2D eigenvalue weighted by atomic mass is 16.1. The van der Waals surface area contributed by atoms with Gasteiger partial charge in [-0.3, -0.25) is 0 Å². The molecule has 0 aliphatic rings. The first kappa shape index (κ1) is 13.7. The van der Waals surface area contributed by atoms with Gasteiger partial charge in [-0.05, 0) is 19.3 Å². The molecular weight excluding hydrogens is 216 g/mol. The predicted molar refractivity (Wildman–Crippen MR) is 69.2 cm³/mol. The standard InChI is InChI=1S/C12H22N4O/c1-4-6-7-10(5-2)8-13-11-9(3)15-16-12(17)14-11/h10H,4-8H2,1-3H3,(H2,13,14,16,17)/t10-/m0/s1. The number of aromatic nitrogens is 3. The van der Waals surface area contributed by atoms with E-state index in [4.69, 9.17) is 0 Å². The molecule has 2 N–H and O–H groups in total. The largest absolute Gasteiger partial charge is 0.368 e. The number of rotatable bonds is 7. The van der Waals surface area contributed by atoms with Crippen molar-refractivity contribution in [2.75, 3.05) is 11.9 Å². The zero-order valence-corrected chi connectivity index (χ0v) is 10.9. The normalized spacial score (nSPS) is 12.4. The molecule has 0 aromatic carbocycles. The zero-order chi connectivity index (χ0) is 12.7. The van der Waals surface area contributed by atoms with Crippen LogP contribution in [-0.4, -0.2) is 21.7 Å². The Morgan fingerprint density at radius 2 is 2.18 bits per heavy atom. The Balaban J connectivity index is 2.53. The predicted octanol–water partition coefficient (Wildman–Crippen LogP) is 2.10. The summed E-state index contributed by atoms with van der Waals surface area (Å²) in [4.78, 5) is 14.9. The van der Waals surface area contributed by atoms with E-state index in [2.05, 4.69) is 34.3 Å². The van der Waals surface area contributed by atoms with Gasteiger partial charge in [0, 0.05) is 6.54 Å². The molecule has 1 aromatic rings. The Hall–Kier alpha value is -1.39. The molecule has 0 unspecified atom stereocenters. The molecule has 0 fully saturated rings. The van der Waals surface area contributed by atoms with E-state index in [-0.39, 0.29) is 0 Å². The van der Waals surface area contributed by atoms with Crippen LogP contribution in [0.2, 0.25) is 0 Å². The van der Waals surface area contributed by atoms with Gasteiger partial charge < -0.3 is 5.32 Å². The number of hydrogen-bond donors (Lipinski definition) is 2. The molecule has 0 saturated carbocycles. The van der Waals surface area contributed by atoms with Gasteiger partial charge >= 0.3 is 5.69 Å². The third-order valence-electron chi connectivity index (χ3n) is 2.98. The number of nitrogens with one attached hydrogen (secondary N) is 2. The molecule has 0 aliphatic carbocycles. The first-order valence-corrected chi connectivity index (χ1v) is 6.34. The highest BCUT2D eigenvalue weighted by molar-refractivity contribution is 5.37. The van der Waals surface area contributed by atoms with E-state index in [1.54, 1.807) is 0 Å². The van der Waals surface area contributed by atoms with Gasteiger partial charge in [0.15, 0.2) is 5.82 Å². The van der Waals surface area contributed by atoms with Crippen LogP contribution in [0.5, 0.6) is 0 Å². The number of hydrogen-bond acceptors (Lipinski definition) is 4. The van der Waals surface area contributed by atoms with Crippen LogP contribution in [0.1, 0.15) is 45.2 Å². The Labute approximate surface area is 102 Å². The van der Waals surface area contributed by atoms with Gasteiger partial charge in [-0.1, -0.05) is 33.1 Å². The van der Waals surface area contributed by atoms with Crippen molar-refractivity contribution in [3.63, 3.8) is 0 Å². The highest BCUT2D eigenvalue weighted by Gasteiger charge is 2.08. The second-order valence-electron chi connectivity index (χ2n) is 4.37. The smallest absolute Gasteiger partial charge is 0.363 e. The van der Waals surface area contributed by atoms with Crippen molar-refractivity contribution in [2.24, 2.45) is 5.92 Å². The third-order valence-corrected chi connectivity index (χ3v) is 2.98. The van der Waals surface area contributed by atoms with Crippen LogP contribution in [0, 0.1) is 12.8 Å². The second-order valence-corrected chi connectivity index (χ2v) is 4.37. The van der Waals surface area contributed by atoms with E-state index in [9.17, 15) is 4.79 Å². The third kappa shape index (κ3) is 4.54. The van der Waals surface area contributed by atoms with Crippen molar-refractivity contribution >= 4 is 5.82 Å². The van der Waals surface area contributed by atoms with E-state index in [0.29, 0.717) is 11.7 Å². The average molecular weight is 238 g/mol. The lowest BCUT2D eigenvalue weighted by atomic mass is 9.99. The lowest BCUT2D eigenvalue weighted by molar-refractivity contribution is 0.472. The maximum Gasteiger partial charge on any atom is 0.363 e. The molecular formula is C12H22N4O. The lowest BCUT2D eigenvalue weighted by Crippen LogP contribution is -2.20. The quantitative estimate of drug-likeness (QED) is 0.763. The Morgan fingerprint density at radius 1 is 1.41 bits per heavy atom. The molecule has 1 atom stereocenters. The highest BCUT2D eigenvalue weighted by Crippen LogP contribution is 2.14. The van der Waals surface area contributed by atoms with Crippen LogP contribution < -0.4 is 11.0 Å². The van der Waals surface area contributed by atoms with Gasteiger partial charge in [0.25, 0.3) is 0 Å². The minimum absolute atomic E-state index is 0.403. The molecule has 1 heterocycles. The van der Waals surface area contributed by atoms with Crippen LogP contribution in [-0.2, 0) is 0 Å². The summed E-state index contributed by atoms with van der Waals surface area (Å²) in [5.74, 6) is 1.24. The minimum Gasteiger partial charge on any atom is -0.368 e. The summed E-state index contributed by atoms with van der Waals surface area (Å²) in [6, 6.07) is 0. The van der Waals surface area contributed by atoms with Gasteiger partial charge in [-0.2, -0.15) is 10.1 Å². The van der Waals surface area contributed by atoms with E-state index < -0.39 is 5.69 Å². The Morgan fingerprint density at radius 3 is 2.82 bits per heavy atom. The van der Waals surface area contributed by atoms with Gasteiger partial charge in [-0.25, -0.2) is 9.89 Å². The fraction of sp³-hybridized carbons (Fsp3) is 0.750. The van der Waals surface area contributed by atoms with Gasteiger partial charge in [0.05, 0.1) is 0 Å². The van der Waals surface area contributed by atoms with Crippen molar-refractivity contribution in [1.82, 2.24) is 15.2 Å². The SMILES string of the molecule is CCCC[C@H](CC)CNc1nc(=O)[nH]nc1C. The fourth-order valence-corrected chi connectivity index (χ4v) is 1.74. The maximum absolute atomic E-state index is 11.1. The number of H-pyrrole nitrogens is 1. The molecule has 0 spiro atoms. The zero-order valence-electron chi connectivity index (χ0n) is 10.9. The Bertz CT molecular complexity index is 388. The number of aryl methyl sites for hydroxylation is 1. The van der Waals surface area contributed by atoms with Gasteiger partial charge in [-0.15, -0.1) is 0 Å². The van der Waals surface area contributed by atoms with Crippen molar-refractivity contribution < 1.29 is 0 Å². The summed E-state index contributed by atoms with van der Waals surface area (Å²) < 4.78 is 0. The molecule has 0 aliphatic heterocycles. The monoisotopic (exact) mass is 238 g/mol. The summed E-state index contributed by atoms with van der Waals surface area (Å²) in [6.07, 6.45) is 4.83. The van der Waals surface area contributed by atoms with Crippen LogP contribution >= 0.6 is 0 Å². The first-order valence-electron chi connectivity index (χ1n) is 6.34. The Kier molecular flexibility index (Phi) is 5.66. The van der Waals surface area contributed by atoms with Crippen LogP contribution in [0.3, 0.4) is 0 Å². The molecule has 0 saturated heterocycles. The van der Waals surface area contributed by atoms with Gasteiger partial charge in [0.2, 0.25) is 0 Å². The lowest BCUT2D eigenvalue weighted by Gasteiger charge is -2.15. The van der Waals surface area contributed by atoms with E-state index in [1.165, 1.54) is 19.3 Å². The van der Waals surface area contributed by atoms with Crippen LogP contribution in [0.25, 0.3) is 0 Å². The molecule has 0 radical (unpaired) electrons.